The van der Waals surface area contributed by atoms with Gasteiger partial charge in [-0.3, -0.25) is 14.4 Å². The fraction of sp³-hybridized carbons (Fsp3) is 0.250. The first-order valence-electron chi connectivity index (χ1n) is 5.32. The van der Waals surface area contributed by atoms with Crippen LogP contribution in [0.15, 0.2) is 35.5 Å². The van der Waals surface area contributed by atoms with Crippen molar-refractivity contribution in [2.45, 2.75) is 20.8 Å². The van der Waals surface area contributed by atoms with Crippen LogP contribution in [-0.4, -0.2) is 17.7 Å². The van der Waals surface area contributed by atoms with E-state index in [0.717, 1.165) is 18.2 Å². The van der Waals surface area contributed by atoms with Crippen molar-refractivity contribution >= 4 is 17.7 Å². The van der Waals surface area contributed by atoms with E-state index in [0.29, 0.717) is 0 Å². The second kappa shape index (κ2) is 16.6. The summed E-state index contributed by atoms with van der Waals surface area (Å²) in [4.78, 5) is 29.3. The van der Waals surface area contributed by atoms with E-state index >= 15 is 0 Å². The average Bonchev–Trinajstić information content (AvgIpc) is 2.10. The third-order valence-electron chi connectivity index (χ3n) is 1.04. The van der Waals surface area contributed by atoms with Gasteiger partial charge in [0.15, 0.2) is 0 Å². The summed E-state index contributed by atoms with van der Waals surface area (Å²) in [5.74, 6) is -3.00. The fourth-order valence-corrected chi connectivity index (χ4v) is 0.601. The van der Waals surface area contributed by atoms with Gasteiger partial charge in [-0.2, -0.15) is 0 Å². The van der Waals surface area contributed by atoms with Gasteiger partial charge in [-0.15, -0.1) is 17.3 Å². The summed E-state index contributed by atoms with van der Waals surface area (Å²) in [6.07, 6.45) is 2.50. The number of carbonyl (C=O) groups is 3. The predicted molar refractivity (Wildman–Crippen MR) is 68.9 cm³/mol. The number of allylic oxidation sites excluding steroid dienone is 3. The van der Waals surface area contributed by atoms with Crippen LogP contribution in [0.5, 0.6) is 0 Å². The predicted octanol–water partition coefficient (Wildman–Crippen LogP) is -3.80. The van der Waals surface area contributed by atoms with Crippen molar-refractivity contribution < 1.29 is 46.8 Å². The molecule has 0 rings (SSSR count). The molecule has 0 unspecified atom stereocenters. The molecular weight excluding hydrogens is 338 g/mol. The summed E-state index contributed by atoms with van der Waals surface area (Å²) >= 11 is 0. The molecule has 0 aliphatic heterocycles. The number of hydrogen-bond donors (Lipinski definition) is 3. The molecule has 6 N–H and O–H groups in total. The maximum Gasteiger partial charge on any atom is 3.00 e. The number of amides is 3. The zero-order valence-electron chi connectivity index (χ0n) is 12.3. The fourth-order valence-electron chi connectivity index (χ4n) is 0.601. The molecule has 0 aromatic rings. The van der Waals surface area contributed by atoms with Crippen LogP contribution >= 0.6 is 0 Å². The van der Waals surface area contributed by atoms with Crippen molar-refractivity contribution in [3.05, 3.63) is 35.5 Å². The molecule has 0 bridgehead atoms. The summed E-state index contributed by atoms with van der Waals surface area (Å²) in [5, 5.41) is 29.7. The molecule has 3 amide bonds. The van der Waals surface area contributed by atoms with Crippen LogP contribution in [0, 0.1) is 0 Å². The largest absolute Gasteiger partial charge is 3.00 e. The Morgan fingerprint density at radius 2 is 0.773 bits per heavy atom. The van der Waals surface area contributed by atoms with Crippen molar-refractivity contribution in [2.24, 2.45) is 17.2 Å². The van der Waals surface area contributed by atoms with Gasteiger partial charge in [0.1, 0.15) is 0 Å². The molecule has 10 heteroatoms. The molecular formula is C12H18FeN3O6. The summed E-state index contributed by atoms with van der Waals surface area (Å²) in [7, 11) is 0. The van der Waals surface area contributed by atoms with Crippen LogP contribution in [0.4, 0.5) is 0 Å². The van der Waals surface area contributed by atoms with E-state index in [-0.39, 0.29) is 34.3 Å². The Hall–Kier alpha value is -2.45. The second-order valence-electron chi connectivity index (χ2n) is 3.47. The zero-order chi connectivity index (χ0) is 17.6. The Kier molecular flexibility index (Phi) is 21.0. The normalized spacial score (nSPS) is 10.8. The molecule has 22 heavy (non-hydrogen) atoms. The number of rotatable bonds is 3. The molecule has 0 fully saturated rings. The molecule has 0 atom stereocenters. The van der Waals surface area contributed by atoms with Crippen LogP contribution in [0.1, 0.15) is 20.8 Å². The molecule has 0 aliphatic rings. The molecule has 0 spiro atoms. The van der Waals surface area contributed by atoms with Crippen molar-refractivity contribution in [2.75, 3.05) is 0 Å². The van der Waals surface area contributed by atoms with E-state index in [2.05, 4.69) is 17.2 Å². The first kappa shape index (κ1) is 27.8. The first-order valence-corrected chi connectivity index (χ1v) is 5.32. The van der Waals surface area contributed by atoms with Crippen molar-refractivity contribution in [3.8, 4) is 0 Å². The molecule has 0 heterocycles. The third kappa shape index (κ3) is 52.7. The maximum absolute atomic E-state index is 9.90. The SMILES string of the molecule is C/C([O-])=C/C(N)=O.C/C([O-])=C/C(N)=O.C/C([O-])=C/C(N)=O.[Fe+3]. The number of hydrogen-bond acceptors (Lipinski definition) is 6. The van der Waals surface area contributed by atoms with E-state index < -0.39 is 17.7 Å². The molecule has 9 nitrogen and oxygen atoms in total. The van der Waals surface area contributed by atoms with Crippen molar-refractivity contribution in [1.82, 2.24) is 0 Å². The zero-order valence-corrected chi connectivity index (χ0v) is 13.4. The Bertz CT molecular complexity index is 379. The third-order valence-corrected chi connectivity index (χ3v) is 1.04. The van der Waals surface area contributed by atoms with Gasteiger partial charge in [0.2, 0.25) is 17.7 Å². The van der Waals surface area contributed by atoms with Crippen LogP contribution in [0.2, 0.25) is 0 Å². The topological polar surface area (TPSA) is 198 Å². The van der Waals surface area contributed by atoms with Gasteiger partial charge in [0.25, 0.3) is 0 Å². The van der Waals surface area contributed by atoms with Gasteiger partial charge in [-0.05, 0) is 18.2 Å². The molecule has 0 aromatic carbocycles. The van der Waals surface area contributed by atoms with Gasteiger partial charge >= 0.3 is 17.1 Å². The smallest absolute Gasteiger partial charge is 0.875 e. The Morgan fingerprint density at radius 1 is 0.636 bits per heavy atom. The Balaban J connectivity index is -0.000000108. The number of primary amides is 3. The second-order valence-corrected chi connectivity index (χ2v) is 3.47. The van der Waals surface area contributed by atoms with Gasteiger partial charge in [-0.1, -0.05) is 20.8 Å². The number of nitrogens with two attached hydrogens (primary N) is 3. The van der Waals surface area contributed by atoms with E-state index in [1.807, 2.05) is 0 Å². The molecule has 0 saturated carbocycles. The van der Waals surface area contributed by atoms with E-state index in [4.69, 9.17) is 0 Å². The molecule has 125 valence electrons. The minimum Gasteiger partial charge on any atom is -0.875 e. The molecule has 1 radical (unpaired) electrons. The van der Waals surface area contributed by atoms with Gasteiger partial charge < -0.3 is 32.5 Å². The summed E-state index contributed by atoms with van der Waals surface area (Å²) in [5.41, 5.74) is 13.7. The van der Waals surface area contributed by atoms with Crippen LogP contribution < -0.4 is 32.5 Å². The molecule has 0 aliphatic carbocycles. The first-order chi connectivity index (χ1) is 9.38. The van der Waals surface area contributed by atoms with Crippen molar-refractivity contribution in [1.29, 1.82) is 0 Å². The van der Waals surface area contributed by atoms with E-state index in [1.165, 1.54) is 20.8 Å². The van der Waals surface area contributed by atoms with Crippen molar-refractivity contribution in [3.63, 3.8) is 0 Å². The summed E-state index contributed by atoms with van der Waals surface area (Å²) in [6.45, 7) is 3.81. The summed E-state index contributed by atoms with van der Waals surface area (Å²) < 4.78 is 0. The Morgan fingerprint density at radius 3 is 0.773 bits per heavy atom. The molecule has 0 saturated heterocycles. The van der Waals surface area contributed by atoms with Crippen LogP contribution in [0.25, 0.3) is 0 Å². The minimum absolute atomic E-state index is 0. The monoisotopic (exact) mass is 356 g/mol. The number of carbonyl (C=O) groups excluding carboxylic acids is 3. The minimum atomic E-state index is -0.687. The quantitative estimate of drug-likeness (QED) is 0.263. The van der Waals surface area contributed by atoms with E-state index in [9.17, 15) is 29.7 Å². The maximum atomic E-state index is 9.90. The van der Waals surface area contributed by atoms with Gasteiger partial charge in [0.05, 0.1) is 0 Å². The Labute approximate surface area is 138 Å². The molecule has 0 aromatic heterocycles. The average molecular weight is 356 g/mol. The standard InChI is InChI=1S/3C4H7NO2.Fe/c3*1-3(6)2-4(5)7;/h3*2,6H,1H3,(H2,5,7);/q;;;+3/p-3/b3*3-2-;. The van der Waals surface area contributed by atoms with E-state index in [1.54, 1.807) is 0 Å². The van der Waals surface area contributed by atoms with Crippen LogP contribution in [-0.2, 0) is 31.5 Å². The van der Waals surface area contributed by atoms with Gasteiger partial charge in [0, 0.05) is 0 Å². The van der Waals surface area contributed by atoms with Gasteiger partial charge in [-0.25, -0.2) is 0 Å². The van der Waals surface area contributed by atoms with Crippen LogP contribution in [0.3, 0.4) is 0 Å². The summed E-state index contributed by atoms with van der Waals surface area (Å²) in [6, 6.07) is 0.